The Morgan fingerprint density at radius 3 is 2.36 bits per heavy atom. The maximum atomic E-state index is 9.18. The molecule has 1 aliphatic rings. The van der Waals surface area contributed by atoms with Crippen LogP contribution in [0.2, 0.25) is 0 Å². The summed E-state index contributed by atoms with van der Waals surface area (Å²) in [5.41, 5.74) is 0. The zero-order valence-electron chi connectivity index (χ0n) is 6.01. The average Bonchev–Trinajstić information content (AvgIpc) is 2.01. The van der Waals surface area contributed by atoms with Crippen molar-refractivity contribution in [3.8, 4) is 0 Å². The van der Waals surface area contributed by atoms with E-state index in [9.17, 15) is 5.11 Å². The molecule has 0 radical (unpaired) electrons. The fourth-order valence-corrected chi connectivity index (χ4v) is 1.15. The fraction of sp³-hybridized carbons (Fsp3) is 1.00. The summed E-state index contributed by atoms with van der Waals surface area (Å²) >= 11 is 0. The van der Waals surface area contributed by atoms with E-state index in [1.165, 1.54) is 0 Å². The summed E-state index contributed by atoms with van der Waals surface area (Å²) in [4.78, 5) is 0. The molecule has 0 aromatic heterocycles. The van der Waals surface area contributed by atoms with Crippen LogP contribution in [-0.4, -0.2) is 57.9 Å². The van der Waals surface area contributed by atoms with Crippen molar-refractivity contribution in [2.24, 2.45) is 0 Å². The number of hydrogen-bond donors (Lipinski definition) is 5. The normalized spacial score (nSPS) is 45.8. The van der Waals surface area contributed by atoms with Crippen LogP contribution in [0.15, 0.2) is 0 Å². The lowest BCUT2D eigenvalue weighted by Crippen LogP contribution is -2.60. The summed E-state index contributed by atoms with van der Waals surface area (Å²) in [5, 5.41) is 38.6. The van der Waals surface area contributed by atoms with E-state index in [0.29, 0.717) is 0 Å². The third kappa shape index (κ3) is 1.69. The van der Waals surface area contributed by atoms with E-state index >= 15 is 0 Å². The van der Waals surface area contributed by atoms with Gasteiger partial charge in [-0.1, -0.05) is 0 Å². The minimum atomic E-state index is -1.16. The molecule has 0 aromatic carbocycles. The monoisotopic (exact) mass is 163 g/mol. The van der Waals surface area contributed by atoms with Gasteiger partial charge in [-0.15, -0.1) is 0 Å². The van der Waals surface area contributed by atoms with E-state index in [1.54, 1.807) is 0 Å². The second-order valence-corrected chi connectivity index (χ2v) is 2.75. The predicted molar refractivity (Wildman–Crippen MR) is 36.9 cm³/mol. The van der Waals surface area contributed by atoms with Gasteiger partial charge in [0.25, 0.3) is 0 Å². The van der Waals surface area contributed by atoms with Gasteiger partial charge in [0.2, 0.25) is 0 Å². The molecule has 0 aromatic rings. The number of piperidine rings is 1. The summed E-state index contributed by atoms with van der Waals surface area (Å²) < 4.78 is 0. The molecule has 4 atom stereocenters. The van der Waals surface area contributed by atoms with Gasteiger partial charge in [-0.25, -0.2) is 0 Å². The zero-order valence-corrected chi connectivity index (χ0v) is 6.01. The van der Waals surface area contributed by atoms with E-state index in [4.69, 9.17) is 15.3 Å². The van der Waals surface area contributed by atoms with Crippen LogP contribution in [-0.2, 0) is 0 Å². The molecule has 1 fully saturated rings. The first kappa shape index (κ1) is 8.89. The molecule has 0 aliphatic carbocycles. The second kappa shape index (κ2) is 3.46. The van der Waals surface area contributed by atoms with E-state index in [2.05, 4.69) is 5.32 Å². The molecule has 5 heteroatoms. The SMILES string of the molecule is OC[C@@H]1NC[C@@H](O)[C@@H](O)[C@@H]1O. The van der Waals surface area contributed by atoms with Crippen LogP contribution in [0.1, 0.15) is 0 Å². The van der Waals surface area contributed by atoms with Crippen molar-refractivity contribution in [2.45, 2.75) is 24.4 Å². The molecule has 0 amide bonds. The highest BCUT2D eigenvalue weighted by atomic mass is 16.4. The lowest BCUT2D eigenvalue weighted by molar-refractivity contribution is -0.101. The van der Waals surface area contributed by atoms with Gasteiger partial charge in [0.15, 0.2) is 0 Å². The highest BCUT2D eigenvalue weighted by Crippen LogP contribution is 2.09. The summed E-state index contributed by atoms with van der Waals surface area (Å²) in [5.74, 6) is 0. The first-order valence-corrected chi connectivity index (χ1v) is 3.55. The second-order valence-electron chi connectivity index (χ2n) is 2.75. The molecular weight excluding hydrogens is 150 g/mol. The minimum Gasteiger partial charge on any atom is -0.395 e. The lowest BCUT2D eigenvalue weighted by Gasteiger charge is -2.34. The molecule has 66 valence electrons. The number of aliphatic hydroxyl groups is 4. The number of nitrogens with one attached hydrogen (secondary N) is 1. The largest absolute Gasteiger partial charge is 0.395 e. The minimum absolute atomic E-state index is 0.198. The van der Waals surface area contributed by atoms with Crippen molar-refractivity contribution in [2.75, 3.05) is 13.2 Å². The molecule has 1 saturated heterocycles. The van der Waals surface area contributed by atoms with Crippen LogP contribution in [0, 0.1) is 0 Å². The van der Waals surface area contributed by atoms with Gasteiger partial charge >= 0.3 is 0 Å². The Kier molecular flexibility index (Phi) is 2.80. The molecular formula is C6H13NO4. The van der Waals surface area contributed by atoms with Crippen molar-refractivity contribution in [3.05, 3.63) is 0 Å². The molecule has 11 heavy (non-hydrogen) atoms. The van der Waals surface area contributed by atoms with Gasteiger partial charge in [0.1, 0.15) is 6.10 Å². The average molecular weight is 163 g/mol. The van der Waals surface area contributed by atoms with Crippen LogP contribution >= 0.6 is 0 Å². The summed E-state index contributed by atoms with van der Waals surface area (Å²) in [7, 11) is 0. The first-order valence-electron chi connectivity index (χ1n) is 3.55. The van der Waals surface area contributed by atoms with E-state index < -0.39 is 24.4 Å². The fourth-order valence-electron chi connectivity index (χ4n) is 1.15. The third-order valence-corrected chi connectivity index (χ3v) is 1.94. The Hall–Kier alpha value is -0.200. The molecule has 0 spiro atoms. The Bertz CT molecular complexity index is 130. The molecule has 0 saturated carbocycles. The van der Waals surface area contributed by atoms with Crippen molar-refractivity contribution >= 4 is 0 Å². The quantitative estimate of drug-likeness (QED) is 0.285. The van der Waals surface area contributed by atoms with Crippen molar-refractivity contribution in [1.82, 2.24) is 5.32 Å². The highest BCUT2D eigenvalue weighted by molar-refractivity contribution is 4.91. The summed E-state index contributed by atoms with van der Waals surface area (Å²) in [6.07, 6.45) is -3.20. The summed E-state index contributed by atoms with van der Waals surface area (Å²) in [6, 6.07) is -0.534. The van der Waals surface area contributed by atoms with Gasteiger partial charge < -0.3 is 25.7 Å². The van der Waals surface area contributed by atoms with Crippen LogP contribution < -0.4 is 5.32 Å². The smallest absolute Gasteiger partial charge is 0.109 e. The highest BCUT2D eigenvalue weighted by Gasteiger charge is 2.35. The Balaban J connectivity index is 2.52. The Labute approximate surface area is 64.3 Å². The van der Waals surface area contributed by atoms with E-state index in [0.717, 1.165) is 0 Å². The topological polar surface area (TPSA) is 93.0 Å². The number of rotatable bonds is 1. The number of hydrogen-bond acceptors (Lipinski definition) is 5. The van der Waals surface area contributed by atoms with Gasteiger partial charge in [-0.3, -0.25) is 0 Å². The van der Waals surface area contributed by atoms with Crippen molar-refractivity contribution < 1.29 is 20.4 Å². The molecule has 5 nitrogen and oxygen atoms in total. The predicted octanol–water partition coefficient (Wildman–Crippen LogP) is -2.97. The third-order valence-electron chi connectivity index (χ3n) is 1.94. The molecule has 1 rings (SSSR count). The van der Waals surface area contributed by atoms with Crippen LogP contribution in [0.25, 0.3) is 0 Å². The van der Waals surface area contributed by atoms with Gasteiger partial charge in [0, 0.05) is 6.54 Å². The number of β-amino-alcohol motifs (C(OH)–C–C–N with tert-alkyl or cyclic N) is 1. The van der Waals surface area contributed by atoms with Gasteiger partial charge in [0.05, 0.1) is 24.9 Å². The van der Waals surface area contributed by atoms with Gasteiger partial charge in [-0.05, 0) is 0 Å². The van der Waals surface area contributed by atoms with Crippen LogP contribution in [0.3, 0.4) is 0 Å². The zero-order chi connectivity index (χ0) is 8.43. The Morgan fingerprint density at radius 1 is 1.18 bits per heavy atom. The molecule has 5 N–H and O–H groups in total. The van der Waals surface area contributed by atoms with E-state index in [-0.39, 0.29) is 13.2 Å². The molecule has 1 heterocycles. The van der Waals surface area contributed by atoms with Gasteiger partial charge in [-0.2, -0.15) is 0 Å². The summed E-state index contributed by atoms with van der Waals surface area (Å²) in [6.45, 7) is -0.0472. The Morgan fingerprint density at radius 2 is 1.82 bits per heavy atom. The maximum Gasteiger partial charge on any atom is 0.109 e. The van der Waals surface area contributed by atoms with Crippen LogP contribution in [0.5, 0.6) is 0 Å². The molecule has 1 aliphatic heterocycles. The maximum absolute atomic E-state index is 9.18. The van der Waals surface area contributed by atoms with E-state index in [1.807, 2.05) is 0 Å². The van der Waals surface area contributed by atoms with Crippen molar-refractivity contribution in [3.63, 3.8) is 0 Å². The first-order chi connectivity index (χ1) is 5.16. The molecule has 0 unspecified atom stereocenters. The standard InChI is InChI=1S/C6H13NO4/c8-2-3-5(10)6(11)4(9)1-7-3/h3-11H,1-2H2/t3-,4+,5+,6+/m0/s1. The molecule has 0 bridgehead atoms. The lowest BCUT2D eigenvalue weighted by atomic mass is 9.97. The van der Waals surface area contributed by atoms with Crippen molar-refractivity contribution in [1.29, 1.82) is 0 Å². The number of aliphatic hydroxyl groups excluding tert-OH is 4. The van der Waals surface area contributed by atoms with Crippen LogP contribution in [0.4, 0.5) is 0 Å².